The molecule has 1 aromatic rings. The lowest BCUT2D eigenvalue weighted by atomic mass is 9.90. The van der Waals surface area contributed by atoms with Crippen molar-refractivity contribution in [2.24, 2.45) is 11.7 Å². The fourth-order valence-electron chi connectivity index (χ4n) is 1.83. The third kappa shape index (κ3) is 3.56. The Labute approximate surface area is 92.4 Å². The van der Waals surface area contributed by atoms with Crippen molar-refractivity contribution in [1.82, 2.24) is 0 Å². The summed E-state index contributed by atoms with van der Waals surface area (Å²) in [5.41, 5.74) is 7.09. The summed E-state index contributed by atoms with van der Waals surface area (Å²) in [5.74, 6) is 2.03. The Bertz CT molecular complexity index is 296. The van der Waals surface area contributed by atoms with Crippen LogP contribution in [0.25, 0.3) is 0 Å². The summed E-state index contributed by atoms with van der Waals surface area (Å²) >= 11 is 0. The Morgan fingerprint density at radius 2 is 2.07 bits per heavy atom. The van der Waals surface area contributed by atoms with E-state index in [4.69, 9.17) is 10.5 Å². The molecule has 15 heavy (non-hydrogen) atoms. The summed E-state index contributed by atoms with van der Waals surface area (Å²) < 4.78 is 5.21. The van der Waals surface area contributed by atoms with Crippen molar-refractivity contribution in [3.63, 3.8) is 0 Å². The van der Waals surface area contributed by atoms with Gasteiger partial charge in [0.1, 0.15) is 5.75 Å². The summed E-state index contributed by atoms with van der Waals surface area (Å²) in [7, 11) is 1.69. The van der Waals surface area contributed by atoms with E-state index in [0.29, 0.717) is 18.4 Å². The highest BCUT2D eigenvalue weighted by atomic mass is 16.5. The molecule has 84 valence electrons. The maximum absolute atomic E-state index is 5.80. The van der Waals surface area contributed by atoms with Crippen LogP contribution in [0.3, 0.4) is 0 Å². The first kappa shape index (κ1) is 12.1. The zero-order valence-electron chi connectivity index (χ0n) is 9.86. The number of nitrogens with two attached hydrogens (primary N) is 1. The molecule has 1 rings (SSSR count). The molecule has 0 aliphatic carbocycles. The quantitative estimate of drug-likeness (QED) is 0.805. The monoisotopic (exact) mass is 207 g/mol. The number of hydrogen-bond donors (Lipinski definition) is 1. The Kier molecular flexibility index (Phi) is 4.63. The van der Waals surface area contributed by atoms with E-state index in [1.807, 2.05) is 12.1 Å². The minimum atomic E-state index is 0.445. The van der Waals surface area contributed by atoms with Gasteiger partial charge < -0.3 is 10.5 Å². The average molecular weight is 207 g/mol. The van der Waals surface area contributed by atoms with Gasteiger partial charge in [0.2, 0.25) is 0 Å². The smallest absolute Gasteiger partial charge is 0.119 e. The SMILES string of the molecule is COc1cccc(C(CN)CC(C)C)c1. The molecular formula is C13H21NO. The van der Waals surface area contributed by atoms with Crippen LogP contribution in [0.4, 0.5) is 0 Å². The van der Waals surface area contributed by atoms with E-state index in [2.05, 4.69) is 26.0 Å². The molecular weight excluding hydrogens is 186 g/mol. The van der Waals surface area contributed by atoms with E-state index < -0.39 is 0 Å². The highest BCUT2D eigenvalue weighted by Gasteiger charge is 2.11. The van der Waals surface area contributed by atoms with Gasteiger partial charge in [-0.15, -0.1) is 0 Å². The molecule has 0 spiro atoms. The van der Waals surface area contributed by atoms with Crippen LogP contribution >= 0.6 is 0 Å². The van der Waals surface area contributed by atoms with E-state index in [1.165, 1.54) is 5.56 Å². The lowest BCUT2D eigenvalue weighted by Crippen LogP contribution is -2.14. The zero-order chi connectivity index (χ0) is 11.3. The van der Waals surface area contributed by atoms with Crippen molar-refractivity contribution >= 4 is 0 Å². The van der Waals surface area contributed by atoms with Crippen LogP contribution in [0, 0.1) is 5.92 Å². The summed E-state index contributed by atoms with van der Waals surface area (Å²) in [5, 5.41) is 0. The number of ether oxygens (including phenoxy) is 1. The molecule has 0 heterocycles. The molecule has 0 aliphatic heterocycles. The highest BCUT2D eigenvalue weighted by molar-refractivity contribution is 5.31. The van der Waals surface area contributed by atoms with Gasteiger partial charge in [-0.2, -0.15) is 0 Å². The van der Waals surface area contributed by atoms with Crippen LogP contribution in [0.2, 0.25) is 0 Å². The van der Waals surface area contributed by atoms with Crippen LogP contribution in [0.15, 0.2) is 24.3 Å². The van der Waals surface area contributed by atoms with Crippen LogP contribution in [-0.2, 0) is 0 Å². The number of hydrogen-bond acceptors (Lipinski definition) is 2. The first-order valence-corrected chi connectivity index (χ1v) is 5.51. The fourth-order valence-corrected chi connectivity index (χ4v) is 1.83. The summed E-state index contributed by atoms with van der Waals surface area (Å²) in [6.07, 6.45) is 1.13. The summed E-state index contributed by atoms with van der Waals surface area (Å²) in [6, 6.07) is 8.20. The second-order valence-electron chi connectivity index (χ2n) is 4.34. The minimum absolute atomic E-state index is 0.445. The van der Waals surface area contributed by atoms with Crippen LogP contribution in [0.1, 0.15) is 31.7 Å². The largest absolute Gasteiger partial charge is 0.497 e. The van der Waals surface area contributed by atoms with E-state index >= 15 is 0 Å². The molecule has 1 unspecified atom stereocenters. The van der Waals surface area contributed by atoms with Crippen molar-refractivity contribution in [2.45, 2.75) is 26.2 Å². The lowest BCUT2D eigenvalue weighted by Gasteiger charge is -2.18. The second-order valence-corrected chi connectivity index (χ2v) is 4.34. The Hall–Kier alpha value is -1.02. The fraction of sp³-hybridized carbons (Fsp3) is 0.538. The summed E-state index contributed by atoms with van der Waals surface area (Å²) in [6.45, 7) is 5.15. The van der Waals surface area contributed by atoms with Crippen molar-refractivity contribution < 1.29 is 4.74 Å². The number of benzene rings is 1. The molecule has 0 aromatic heterocycles. The molecule has 1 atom stereocenters. The van der Waals surface area contributed by atoms with Crippen molar-refractivity contribution in [1.29, 1.82) is 0 Å². The molecule has 0 bridgehead atoms. The standard InChI is InChI=1S/C13H21NO/c1-10(2)7-12(9-14)11-5-4-6-13(8-11)15-3/h4-6,8,10,12H,7,9,14H2,1-3H3. The molecule has 2 nitrogen and oxygen atoms in total. The van der Waals surface area contributed by atoms with Gasteiger partial charge in [0.05, 0.1) is 7.11 Å². The molecule has 0 aliphatic rings. The third-order valence-corrected chi connectivity index (χ3v) is 2.61. The molecule has 1 aromatic carbocycles. The number of rotatable bonds is 5. The van der Waals surface area contributed by atoms with Gasteiger partial charge in [-0.1, -0.05) is 26.0 Å². The van der Waals surface area contributed by atoms with E-state index in [9.17, 15) is 0 Å². The normalized spacial score (nSPS) is 12.9. The molecule has 0 fully saturated rings. The van der Waals surface area contributed by atoms with Gasteiger partial charge in [0.15, 0.2) is 0 Å². The zero-order valence-corrected chi connectivity index (χ0v) is 9.86. The van der Waals surface area contributed by atoms with Crippen molar-refractivity contribution in [2.75, 3.05) is 13.7 Å². The first-order valence-electron chi connectivity index (χ1n) is 5.51. The molecule has 0 saturated heterocycles. The van der Waals surface area contributed by atoms with Crippen molar-refractivity contribution in [3.05, 3.63) is 29.8 Å². The van der Waals surface area contributed by atoms with Gasteiger partial charge in [-0.25, -0.2) is 0 Å². The Balaban J connectivity index is 2.81. The molecule has 0 saturated carbocycles. The molecule has 0 radical (unpaired) electrons. The van der Waals surface area contributed by atoms with Crippen LogP contribution in [-0.4, -0.2) is 13.7 Å². The van der Waals surface area contributed by atoms with Gasteiger partial charge in [-0.05, 0) is 42.5 Å². The van der Waals surface area contributed by atoms with Crippen molar-refractivity contribution in [3.8, 4) is 5.75 Å². The highest BCUT2D eigenvalue weighted by Crippen LogP contribution is 2.25. The average Bonchev–Trinajstić information content (AvgIpc) is 2.25. The second kappa shape index (κ2) is 5.76. The minimum Gasteiger partial charge on any atom is -0.497 e. The van der Waals surface area contributed by atoms with Gasteiger partial charge >= 0.3 is 0 Å². The lowest BCUT2D eigenvalue weighted by molar-refractivity contribution is 0.413. The van der Waals surface area contributed by atoms with Gasteiger partial charge in [0, 0.05) is 0 Å². The van der Waals surface area contributed by atoms with E-state index in [1.54, 1.807) is 7.11 Å². The Morgan fingerprint density at radius 3 is 2.60 bits per heavy atom. The molecule has 2 N–H and O–H groups in total. The maximum Gasteiger partial charge on any atom is 0.119 e. The predicted molar refractivity (Wildman–Crippen MR) is 64.2 cm³/mol. The van der Waals surface area contributed by atoms with Crippen LogP contribution < -0.4 is 10.5 Å². The van der Waals surface area contributed by atoms with Gasteiger partial charge in [-0.3, -0.25) is 0 Å². The maximum atomic E-state index is 5.80. The number of methoxy groups -OCH3 is 1. The van der Waals surface area contributed by atoms with E-state index in [-0.39, 0.29) is 0 Å². The summed E-state index contributed by atoms with van der Waals surface area (Å²) in [4.78, 5) is 0. The third-order valence-electron chi connectivity index (χ3n) is 2.61. The molecule has 2 heteroatoms. The Morgan fingerprint density at radius 1 is 1.33 bits per heavy atom. The topological polar surface area (TPSA) is 35.2 Å². The van der Waals surface area contributed by atoms with Crippen LogP contribution in [0.5, 0.6) is 5.75 Å². The predicted octanol–water partition coefficient (Wildman–Crippen LogP) is 2.78. The van der Waals surface area contributed by atoms with Gasteiger partial charge in [0.25, 0.3) is 0 Å². The van der Waals surface area contributed by atoms with E-state index in [0.717, 1.165) is 12.2 Å². The first-order chi connectivity index (χ1) is 7.17. The molecule has 0 amide bonds.